The molecule has 2 rings (SSSR count). The van der Waals surface area contributed by atoms with Crippen LogP contribution in [-0.4, -0.2) is 9.78 Å². The van der Waals surface area contributed by atoms with Crippen LogP contribution in [0, 0.1) is 6.92 Å². The van der Waals surface area contributed by atoms with E-state index in [0.717, 1.165) is 24.5 Å². The van der Waals surface area contributed by atoms with Gasteiger partial charge in [-0.2, -0.15) is 31.4 Å². The first-order valence-corrected chi connectivity index (χ1v) is 7.11. The normalized spacial score (nSPS) is 12.1. The maximum Gasteiger partial charge on any atom is 0.433 e. The molecule has 0 spiro atoms. The molecule has 0 atom stereocenters. The second kappa shape index (κ2) is 6.31. The molecule has 124 valence electrons. The van der Waals surface area contributed by atoms with Gasteiger partial charge in [0.2, 0.25) is 0 Å². The van der Waals surface area contributed by atoms with Crippen LogP contribution in [0.15, 0.2) is 12.1 Å². The van der Waals surface area contributed by atoms with E-state index in [4.69, 9.17) is 0 Å². The summed E-state index contributed by atoms with van der Waals surface area (Å²) in [5.41, 5.74) is -2.39. The van der Waals surface area contributed by atoms with Crippen LogP contribution in [0.1, 0.15) is 30.0 Å². The summed E-state index contributed by atoms with van der Waals surface area (Å²) in [6, 6.07) is 1.53. The topological polar surface area (TPSA) is 17.8 Å². The average Bonchev–Trinajstić information content (AvgIpc) is 2.93. The van der Waals surface area contributed by atoms with Crippen LogP contribution < -0.4 is 0 Å². The van der Waals surface area contributed by atoms with Gasteiger partial charge in [-0.1, -0.05) is 13.8 Å². The van der Waals surface area contributed by atoms with E-state index in [1.165, 1.54) is 6.92 Å². The number of aryl methyl sites for hydroxylation is 2. The Labute approximate surface area is 127 Å². The number of alkyl halides is 6. The van der Waals surface area contributed by atoms with Crippen molar-refractivity contribution in [2.24, 2.45) is 7.05 Å². The van der Waals surface area contributed by atoms with Gasteiger partial charge in [0.15, 0.2) is 0 Å². The minimum absolute atomic E-state index is 0.305. The number of hydrogen-bond donors (Lipinski definition) is 0. The van der Waals surface area contributed by atoms with E-state index in [0.29, 0.717) is 15.6 Å². The number of rotatable bonds is 1. The zero-order valence-electron chi connectivity index (χ0n) is 12.2. The van der Waals surface area contributed by atoms with Gasteiger partial charge in [-0.25, -0.2) is 0 Å². The van der Waals surface area contributed by atoms with Crippen molar-refractivity contribution in [3.63, 3.8) is 0 Å². The van der Waals surface area contributed by atoms with E-state index < -0.39 is 23.6 Å². The molecule has 0 aliphatic carbocycles. The molecule has 2 nitrogen and oxygen atoms in total. The highest BCUT2D eigenvalue weighted by Gasteiger charge is 2.38. The predicted molar refractivity (Wildman–Crippen MR) is 72.6 cm³/mol. The van der Waals surface area contributed by atoms with E-state index in [9.17, 15) is 26.3 Å². The van der Waals surface area contributed by atoms with E-state index in [2.05, 4.69) is 5.10 Å². The van der Waals surface area contributed by atoms with Crippen molar-refractivity contribution < 1.29 is 26.3 Å². The van der Waals surface area contributed by atoms with Gasteiger partial charge in [0.1, 0.15) is 11.4 Å². The fraction of sp³-hybridized carbons (Fsp3) is 0.462. The van der Waals surface area contributed by atoms with E-state index in [-0.39, 0.29) is 10.6 Å². The highest BCUT2D eigenvalue weighted by molar-refractivity contribution is 7.15. The summed E-state index contributed by atoms with van der Waals surface area (Å²) < 4.78 is 77.0. The maximum absolute atomic E-state index is 12.8. The molecule has 0 unspecified atom stereocenters. The van der Waals surface area contributed by atoms with E-state index in [1.807, 2.05) is 13.8 Å². The van der Waals surface area contributed by atoms with Gasteiger partial charge < -0.3 is 0 Å². The second-order valence-electron chi connectivity index (χ2n) is 4.13. The van der Waals surface area contributed by atoms with Crippen LogP contribution in [0.4, 0.5) is 26.3 Å². The SMILES string of the molecule is CC.Cc1cc(C(F)(F)F)c(-c2cc(C(F)(F)F)n(C)n2)s1. The third kappa shape index (κ3) is 3.82. The van der Waals surface area contributed by atoms with E-state index >= 15 is 0 Å². The van der Waals surface area contributed by atoms with Crippen LogP contribution in [-0.2, 0) is 19.4 Å². The Balaban J connectivity index is 0.00000116. The van der Waals surface area contributed by atoms with Crippen molar-refractivity contribution in [2.75, 3.05) is 0 Å². The smallest absolute Gasteiger partial charge is 0.263 e. The first-order chi connectivity index (χ1) is 10.00. The van der Waals surface area contributed by atoms with Gasteiger partial charge in [-0.3, -0.25) is 4.68 Å². The fourth-order valence-corrected chi connectivity index (χ4v) is 2.75. The van der Waals surface area contributed by atoms with Gasteiger partial charge in [-0.15, -0.1) is 11.3 Å². The molecule has 0 saturated carbocycles. The largest absolute Gasteiger partial charge is 0.433 e. The Hall–Kier alpha value is -1.51. The van der Waals surface area contributed by atoms with Gasteiger partial charge in [0.25, 0.3) is 0 Å². The molecular formula is C13H14F6N2S. The molecule has 2 aromatic heterocycles. The van der Waals surface area contributed by atoms with Crippen LogP contribution >= 0.6 is 11.3 Å². The lowest BCUT2D eigenvalue weighted by molar-refractivity contribution is -0.143. The number of halogens is 6. The van der Waals surface area contributed by atoms with Crippen molar-refractivity contribution in [1.82, 2.24) is 9.78 Å². The monoisotopic (exact) mass is 344 g/mol. The van der Waals surface area contributed by atoms with Crippen LogP contribution in [0.2, 0.25) is 0 Å². The molecule has 0 radical (unpaired) electrons. The summed E-state index contributed by atoms with van der Waals surface area (Å²) in [5, 5.41) is 3.54. The van der Waals surface area contributed by atoms with Crippen LogP contribution in [0.5, 0.6) is 0 Å². The molecule has 9 heteroatoms. The lowest BCUT2D eigenvalue weighted by atomic mass is 10.2. The lowest BCUT2D eigenvalue weighted by Gasteiger charge is -2.05. The number of aromatic nitrogens is 2. The zero-order chi connectivity index (χ0) is 17.3. The molecule has 0 bridgehead atoms. The standard InChI is InChI=1S/C11H8F6N2S.C2H6/c1-5-3-6(10(12,13)14)9(20-5)7-4-8(11(15,16)17)19(2)18-7;1-2/h3-4H,1-2H3;1-2H3. The third-order valence-electron chi connectivity index (χ3n) is 2.56. The van der Waals surface area contributed by atoms with Crippen LogP contribution in [0.25, 0.3) is 10.6 Å². The predicted octanol–water partition coefficient (Wildman–Crippen LogP) is 5.52. The molecule has 0 aliphatic rings. The second-order valence-corrected chi connectivity index (χ2v) is 5.39. The molecule has 0 fully saturated rings. The number of hydrogen-bond acceptors (Lipinski definition) is 2. The molecule has 0 N–H and O–H groups in total. The summed E-state index contributed by atoms with van der Waals surface area (Å²) in [6.07, 6.45) is -9.29. The molecule has 22 heavy (non-hydrogen) atoms. The summed E-state index contributed by atoms with van der Waals surface area (Å²) in [7, 11) is 1.04. The molecule has 0 saturated heterocycles. The van der Waals surface area contributed by atoms with Crippen molar-refractivity contribution in [3.05, 3.63) is 28.3 Å². The Kier molecular flexibility index (Phi) is 5.32. The Morgan fingerprint density at radius 3 is 1.95 bits per heavy atom. The van der Waals surface area contributed by atoms with E-state index in [1.54, 1.807) is 0 Å². The van der Waals surface area contributed by atoms with Gasteiger partial charge in [-0.05, 0) is 19.1 Å². The molecular weight excluding hydrogens is 330 g/mol. The average molecular weight is 344 g/mol. The first-order valence-electron chi connectivity index (χ1n) is 6.29. The van der Waals surface area contributed by atoms with Crippen molar-refractivity contribution >= 4 is 11.3 Å². The summed E-state index contributed by atoms with van der Waals surface area (Å²) >= 11 is 0.764. The summed E-state index contributed by atoms with van der Waals surface area (Å²) in [4.78, 5) is 0.0487. The van der Waals surface area contributed by atoms with Crippen LogP contribution in [0.3, 0.4) is 0 Å². The highest BCUT2D eigenvalue weighted by Crippen LogP contribution is 2.43. The maximum atomic E-state index is 12.8. The minimum atomic E-state index is -4.66. The van der Waals surface area contributed by atoms with Gasteiger partial charge in [0.05, 0.1) is 10.4 Å². The highest BCUT2D eigenvalue weighted by atomic mass is 32.1. The summed E-state index contributed by atoms with van der Waals surface area (Å²) in [6.45, 7) is 5.46. The minimum Gasteiger partial charge on any atom is -0.263 e. The Bertz CT molecular complexity index is 636. The van der Waals surface area contributed by atoms with Crippen molar-refractivity contribution in [1.29, 1.82) is 0 Å². The van der Waals surface area contributed by atoms with Gasteiger partial charge in [0, 0.05) is 11.9 Å². The third-order valence-corrected chi connectivity index (χ3v) is 3.64. The molecule has 0 aliphatic heterocycles. The molecule has 0 amide bonds. The molecule has 2 heterocycles. The zero-order valence-corrected chi connectivity index (χ0v) is 13.0. The lowest BCUT2D eigenvalue weighted by Crippen LogP contribution is -2.11. The Morgan fingerprint density at radius 2 is 1.55 bits per heavy atom. The number of thiophene rings is 1. The van der Waals surface area contributed by atoms with Gasteiger partial charge >= 0.3 is 12.4 Å². The first kappa shape index (κ1) is 18.5. The molecule has 0 aromatic carbocycles. The quantitative estimate of drug-likeness (QED) is 0.623. The molecule has 2 aromatic rings. The Morgan fingerprint density at radius 1 is 1.00 bits per heavy atom. The fourth-order valence-electron chi connectivity index (χ4n) is 1.76. The summed E-state index contributed by atoms with van der Waals surface area (Å²) in [5.74, 6) is 0. The number of nitrogens with zero attached hydrogens (tertiary/aromatic N) is 2. The van der Waals surface area contributed by atoms with Crippen molar-refractivity contribution in [3.8, 4) is 10.6 Å². The van der Waals surface area contributed by atoms with Crippen molar-refractivity contribution in [2.45, 2.75) is 33.1 Å².